The van der Waals surface area contributed by atoms with Crippen molar-refractivity contribution in [3.05, 3.63) is 36.7 Å². The monoisotopic (exact) mass is 313 g/mol. The maximum Gasteiger partial charge on any atom is 0.313 e. The Morgan fingerprint density at radius 2 is 2.20 bits per heavy atom. The number of carbonyl (C=O) groups is 1. The third-order valence-electron chi connectivity index (χ3n) is 2.36. The molecule has 1 heterocycles. The molecule has 2 rings (SSSR count). The van der Waals surface area contributed by atoms with E-state index < -0.39 is 16.0 Å². The van der Waals surface area contributed by atoms with Gasteiger partial charge < -0.3 is 5.11 Å². The number of thioether (sulfide) groups is 1. The van der Waals surface area contributed by atoms with Crippen molar-refractivity contribution in [3.63, 3.8) is 0 Å². The van der Waals surface area contributed by atoms with Crippen molar-refractivity contribution < 1.29 is 18.3 Å². The average Bonchev–Trinajstić information content (AvgIpc) is 2.83. The number of primary sulfonamides is 1. The van der Waals surface area contributed by atoms with Gasteiger partial charge in [0, 0.05) is 18.1 Å². The largest absolute Gasteiger partial charge is 0.481 e. The predicted molar refractivity (Wildman–Crippen MR) is 73.3 cm³/mol. The number of nitrogens with two attached hydrogens (primary N) is 1. The summed E-state index contributed by atoms with van der Waals surface area (Å²) in [6.07, 6.45) is 3.13. The summed E-state index contributed by atoms with van der Waals surface area (Å²) in [6, 6.07) is 6.03. The minimum Gasteiger partial charge on any atom is -0.481 e. The number of benzene rings is 1. The summed E-state index contributed by atoms with van der Waals surface area (Å²) in [4.78, 5) is 14.6. The quantitative estimate of drug-likeness (QED) is 0.785. The molecule has 0 aliphatic carbocycles. The average molecular weight is 313 g/mol. The van der Waals surface area contributed by atoms with E-state index in [1.807, 2.05) is 0 Å². The summed E-state index contributed by atoms with van der Waals surface area (Å²) in [5.74, 6) is -1.09. The molecule has 3 N–H and O–H groups in total. The molecule has 0 bridgehead atoms. The zero-order valence-electron chi connectivity index (χ0n) is 10.1. The third kappa shape index (κ3) is 3.38. The second kappa shape index (κ2) is 5.65. The molecule has 1 aromatic carbocycles. The first-order chi connectivity index (χ1) is 9.38. The second-order valence-electron chi connectivity index (χ2n) is 3.80. The number of aromatic nitrogens is 2. The molecule has 0 amide bonds. The van der Waals surface area contributed by atoms with Crippen LogP contribution in [0.3, 0.4) is 0 Å². The van der Waals surface area contributed by atoms with E-state index in [1.165, 1.54) is 18.3 Å². The van der Waals surface area contributed by atoms with Crippen LogP contribution in [0.25, 0.3) is 5.69 Å². The van der Waals surface area contributed by atoms with Gasteiger partial charge in [0.25, 0.3) is 0 Å². The lowest BCUT2D eigenvalue weighted by atomic mass is 10.3. The van der Waals surface area contributed by atoms with E-state index in [-0.39, 0.29) is 10.6 Å². The number of carboxylic acid groups (broad SMARTS) is 1. The number of aliphatic carboxylic acids is 1. The number of hydrogen-bond acceptors (Lipinski definition) is 5. The van der Waals surface area contributed by atoms with Crippen LogP contribution >= 0.6 is 11.8 Å². The third-order valence-corrected chi connectivity index (χ3v) is 4.22. The van der Waals surface area contributed by atoms with E-state index in [2.05, 4.69) is 4.98 Å². The van der Waals surface area contributed by atoms with Gasteiger partial charge in [-0.15, -0.1) is 0 Å². The molecule has 0 aliphatic heterocycles. The molecular formula is C11H11N3O4S2. The molecule has 20 heavy (non-hydrogen) atoms. The van der Waals surface area contributed by atoms with Crippen LogP contribution < -0.4 is 5.14 Å². The Bertz CT molecular complexity index is 740. The number of nitrogens with zero attached hydrogens (tertiary/aromatic N) is 2. The molecule has 0 atom stereocenters. The lowest BCUT2D eigenvalue weighted by Crippen LogP contribution is -2.12. The van der Waals surface area contributed by atoms with Gasteiger partial charge in [-0.05, 0) is 18.2 Å². The molecule has 0 saturated heterocycles. The van der Waals surface area contributed by atoms with Crippen LogP contribution in [-0.4, -0.2) is 34.8 Å². The molecule has 0 saturated carbocycles. The number of sulfonamides is 1. The maximum atomic E-state index is 11.3. The highest BCUT2D eigenvalue weighted by Gasteiger charge is 2.12. The minimum atomic E-state index is -3.79. The number of rotatable bonds is 5. The second-order valence-corrected chi connectivity index (χ2v) is 6.31. The van der Waals surface area contributed by atoms with Gasteiger partial charge >= 0.3 is 5.97 Å². The van der Waals surface area contributed by atoms with Crippen LogP contribution in [-0.2, 0) is 14.8 Å². The zero-order chi connectivity index (χ0) is 14.8. The summed E-state index contributed by atoms with van der Waals surface area (Å²) in [6.45, 7) is 0. The molecule has 1 aromatic heterocycles. The molecule has 0 fully saturated rings. The van der Waals surface area contributed by atoms with E-state index in [4.69, 9.17) is 10.2 Å². The van der Waals surface area contributed by atoms with Gasteiger partial charge in [0.15, 0.2) is 5.16 Å². The SMILES string of the molecule is NS(=O)(=O)c1cccc(-n2ccnc2SCC(=O)O)c1. The number of hydrogen-bond donors (Lipinski definition) is 2. The lowest BCUT2D eigenvalue weighted by Gasteiger charge is -2.08. The Morgan fingerprint density at radius 3 is 2.85 bits per heavy atom. The Balaban J connectivity index is 2.38. The van der Waals surface area contributed by atoms with Crippen molar-refractivity contribution in [2.75, 3.05) is 5.75 Å². The molecular weight excluding hydrogens is 302 g/mol. The van der Waals surface area contributed by atoms with Crippen LogP contribution in [0.4, 0.5) is 0 Å². The molecule has 0 radical (unpaired) electrons. The first-order valence-corrected chi connectivity index (χ1v) is 7.92. The Hall–Kier alpha value is -1.84. The summed E-state index contributed by atoms with van der Waals surface area (Å²) >= 11 is 1.04. The van der Waals surface area contributed by atoms with Crippen molar-refractivity contribution in [1.82, 2.24) is 9.55 Å². The Morgan fingerprint density at radius 1 is 1.45 bits per heavy atom. The Kier molecular flexibility index (Phi) is 4.12. The summed E-state index contributed by atoms with van der Waals surface area (Å²) in [7, 11) is -3.79. The van der Waals surface area contributed by atoms with Crippen molar-refractivity contribution >= 4 is 27.8 Å². The molecule has 9 heteroatoms. The normalized spacial score (nSPS) is 11.4. The molecule has 0 spiro atoms. The van der Waals surface area contributed by atoms with Crippen molar-refractivity contribution in [2.45, 2.75) is 10.1 Å². The van der Waals surface area contributed by atoms with Crippen molar-refractivity contribution in [1.29, 1.82) is 0 Å². The maximum absolute atomic E-state index is 11.3. The van der Waals surface area contributed by atoms with Gasteiger partial charge in [0.2, 0.25) is 10.0 Å². The molecule has 7 nitrogen and oxygen atoms in total. The molecule has 106 valence electrons. The highest BCUT2D eigenvalue weighted by Crippen LogP contribution is 2.21. The van der Waals surface area contributed by atoms with Gasteiger partial charge in [-0.2, -0.15) is 0 Å². The lowest BCUT2D eigenvalue weighted by molar-refractivity contribution is -0.133. The highest BCUT2D eigenvalue weighted by molar-refractivity contribution is 7.99. The summed E-state index contributed by atoms with van der Waals surface area (Å²) in [5.41, 5.74) is 0.543. The molecule has 0 aliphatic rings. The van der Waals surface area contributed by atoms with Crippen LogP contribution in [0.1, 0.15) is 0 Å². The first kappa shape index (κ1) is 14.6. The van der Waals surface area contributed by atoms with Gasteiger partial charge in [-0.3, -0.25) is 9.36 Å². The highest BCUT2D eigenvalue weighted by atomic mass is 32.2. The van der Waals surface area contributed by atoms with E-state index in [9.17, 15) is 13.2 Å². The van der Waals surface area contributed by atoms with Crippen LogP contribution in [0, 0.1) is 0 Å². The predicted octanol–water partition coefficient (Wildman–Crippen LogP) is 0.696. The smallest absolute Gasteiger partial charge is 0.313 e. The fourth-order valence-electron chi connectivity index (χ4n) is 1.53. The van der Waals surface area contributed by atoms with Crippen LogP contribution in [0.2, 0.25) is 0 Å². The number of carboxylic acids is 1. The van der Waals surface area contributed by atoms with Crippen molar-refractivity contribution in [2.24, 2.45) is 5.14 Å². The van der Waals surface area contributed by atoms with Gasteiger partial charge in [-0.1, -0.05) is 17.8 Å². The fourth-order valence-corrected chi connectivity index (χ4v) is 2.78. The van der Waals surface area contributed by atoms with Gasteiger partial charge in [0.1, 0.15) is 0 Å². The fraction of sp³-hybridized carbons (Fsp3) is 0.0909. The molecule has 2 aromatic rings. The molecule has 0 unspecified atom stereocenters. The van der Waals surface area contributed by atoms with Crippen LogP contribution in [0.15, 0.2) is 46.7 Å². The van der Waals surface area contributed by atoms with E-state index in [0.717, 1.165) is 11.8 Å². The number of imidazole rings is 1. The first-order valence-electron chi connectivity index (χ1n) is 5.39. The van der Waals surface area contributed by atoms with Gasteiger partial charge in [-0.25, -0.2) is 18.5 Å². The van der Waals surface area contributed by atoms with E-state index >= 15 is 0 Å². The summed E-state index contributed by atoms with van der Waals surface area (Å²) < 4.78 is 24.2. The van der Waals surface area contributed by atoms with Crippen LogP contribution in [0.5, 0.6) is 0 Å². The van der Waals surface area contributed by atoms with E-state index in [1.54, 1.807) is 22.9 Å². The van der Waals surface area contributed by atoms with E-state index in [0.29, 0.717) is 10.8 Å². The minimum absolute atomic E-state index is 0.0158. The zero-order valence-corrected chi connectivity index (χ0v) is 11.8. The Labute approximate surface area is 119 Å². The van der Waals surface area contributed by atoms with Gasteiger partial charge in [0.05, 0.1) is 10.6 Å². The standard InChI is InChI=1S/C11H11N3O4S2/c12-20(17,18)9-3-1-2-8(6-9)14-5-4-13-11(14)19-7-10(15)16/h1-6H,7H2,(H,15,16)(H2,12,17,18). The summed E-state index contributed by atoms with van der Waals surface area (Å²) in [5, 5.41) is 14.2. The topological polar surface area (TPSA) is 115 Å². The van der Waals surface area contributed by atoms with Crippen molar-refractivity contribution in [3.8, 4) is 5.69 Å².